The van der Waals surface area contributed by atoms with Gasteiger partial charge in [0.1, 0.15) is 0 Å². The summed E-state index contributed by atoms with van der Waals surface area (Å²) in [5.74, 6) is 0.814. The van der Waals surface area contributed by atoms with Gasteiger partial charge in [0.25, 0.3) is 0 Å². The number of nitrogens with one attached hydrogen (secondary N) is 2. The Labute approximate surface area is 129 Å². The lowest BCUT2D eigenvalue weighted by molar-refractivity contribution is -0.117. The molecule has 22 heavy (non-hydrogen) atoms. The summed E-state index contributed by atoms with van der Waals surface area (Å²) in [4.78, 5) is 14.5. The molecule has 1 aliphatic rings. The van der Waals surface area contributed by atoms with E-state index in [1.807, 2.05) is 26.8 Å². The van der Waals surface area contributed by atoms with Gasteiger partial charge >= 0.3 is 0 Å². The highest BCUT2D eigenvalue weighted by Crippen LogP contribution is 2.32. The topological polar surface area (TPSA) is 87.0 Å². The third-order valence-electron chi connectivity index (χ3n) is 4.08. The maximum Gasteiger partial charge on any atom is 0.238 e. The Morgan fingerprint density at radius 3 is 2.95 bits per heavy atom. The first kappa shape index (κ1) is 14.8. The molecule has 3 rings (SSSR count). The number of likely N-dealkylation sites (tertiary alicyclic amines) is 1. The second-order valence-electron chi connectivity index (χ2n) is 5.86. The van der Waals surface area contributed by atoms with Crippen molar-refractivity contribution in [1.82, 2.24) is 20.3 Å². The molecule has 0 aromatic carbocycles. The number of hydrogen-bond donors (Lipinski definition) is 2. The van der Waals surface area contributed by atoms with Crippen LogP contribution in [-0.4, -0.2) is 39.3 Å². The van der Waals surface area contributed by atoms with Gasteiger partial charge in [0.05, 0.1) is 35.4 Å². The zero-order valence-corrected chi connectivity index (χ0v) is 13.1. The molecule has 7 heteroatoms. The molecule has 1 atom stereocenters. The fourth-order valence-electron chi connectivity index (χ4n) is 2.98. The van der Waals surface area contributed by atoms with E-state index in [9.17, 15) is 4.79 Å². The van der Waals surface area contributed by atoms with E-state index in [1.165, 1.54) is 0 Å². The van der Waals surface area contributed by atoms with Gasteiger partial charge in [-0.25, -0.2) is 0 Å². The molecule has 0 radical (unpaired) electrons. The zero-order chi connectivity index (χ0) is 15.7. The monoisotopic (exact) mass is 303 g/mol. The molecule has 1 aliphatic heterocycles. The predicted octanol–water partition coefficient (Wildman–Crippen LogP) is 2.10. The van der Waals surface area contributed by atoms with Crippen molar-refractivity contribution in [2.24, 2.45) is 0 Å². The van der Waals surface area contributed by atoms with Crippen LogP contribution in [0.1, 0.15) is 41.7 Å². The normalized spacial score (nSPS) is 18.8. The van der Waals surface area contributed by atoms with Gasteiger partial charge in [-0.3, -0.25) is 14.8 Å². The number of carbonyl (C=O) groups excluding carboxylic acids is 1. The number of carbonyl (C=O) groups is 1. The predicted molar refractivity (Wildman–Crippen MR) is 81.5 cm³/mol. The molecule has 1 saturated heterocycles. The van der Waals surface area contributed by atoms with Crippen molar-refractivity contribution in [2.75, 3.05) is 18.4 Å². The Balaban J connectivity index is 1.65. The third kappa shape index (κ3) is 2.89. The minimum atomic E-state index is -0.0317. The standard InChI is InChI=1S/C15H21N5O2/c1-9-7-13(22-19-9)12-5-4-6-20(12)8-14(21)16-15-10(2)17-18-11(15)3/h7,12H,4-6,8H2,1-3H3,(H,16,21)(H,17,18)/t12-/m0/s1. The molecule has 0 unspecified atom stereocenters. The minimum Gasteiger partial charge on any atom is -0.359 e. The van der Waals surface area contributed by atoms with Crippen LogP contribution >= 0.6 is 0 Å². The van der Waals surface area contributed by atoms with Gasteiger partial charge in [0, 0.05) is 6.07 Å². The molecule has 118 valence electrons. The summed E-state index contributed by atoms with van der Waals surface area (Å²) in [6.45, 7) is 6.90. The molecule has 0 aliphatic carbocycles. The number of aryl methyl sites for hydroxylation is 3. The second-order valence-corrected chi connectivity index (χ2v) is 5.86. The summed E-state index contributed by atoms with van der Waals surface area (Å²) in [6.07, 6.45) is 2.05. The van der Waals surface area contributed by atoms with Crippen LogP contribution in [0.25, 0.3) is 0 Å². The molecule has 3 heterocycles. The zero-order valence-electron chi connectivity index (χ0n) is 13.1. The average Bonchev–Trinajstić information content (AvgIpc) is 3.16. The number of amides is 1. The van der Waals surface area contributed by atoms with Gasteiger partial charge in [0.2, 0.25) is 5.91 Å². The molecule has 1 fully saturated rings. The highest BCUT2D eigenvalue weighted by Gasteiger charge is 2.30. The number of anilines is 1. The lowest BCUT2D eigenvalue weighted by Gasteiger charge is -2.21. The summed E-state index contributed by atoms with van der Waals surface area (Å²) < 4.78 is 5.37. The van der Waals surface area contributed by atoms with Crippen LogP contribution in [0, 0.1) is 20.8 Å². The summed E-state index contributed by atoms with van der Waals surface area (Å²) in [5.41, 5.74) is 3.32. The lowest BCUT2D eigenvalue weighted by Crippen LogP contribution is -2.33. The summed E-state index contributed by atoms with van der Waals surface area (Å²) in [5, 5.41) is 13.8. The van der Waals surface area contributed by atoms with Gasteiger partial charge in [-0.2, -0.15) is 5.10 Å². The second kappa shape index (κ2) is 5.92. The first-order valence-corrected chi connectivity index (χ1v) is 7.53. The maximum absolute atomic E-state index is 12.3. The Kier molecular flexibility index (Phi) is 3.98. The van der Waals surface area contributed by atoms with Crippen LogP contribution in [0.5, 0.6) is 0 Å². The molecule has 0 bridgehead atoms. The largest absolute Gasteiger partial charge is 0.359 e. The van der Waals surface area contributed by atoms with Crippen molar-refractivity contribution in [3.63, 3.8) is 0 Å². The molecule has 2 N–H and O–H groups in total. The van der Waals surface area contributed by atoms with E-state index in [0.29, 0.717) is 6.54 Å². The Bertz CT molecular complexity index is 656. The number of rotatable bonds is 4. The molecule has 0 spiro atoms. The summed E-state index contributed by atoms with van der Waals surface area (Å²) in [6, 6.07) is 2.09. The van der Waals surface area contributed by atoms with E-state index < -0.39 is 0 Å². The lowest BCUT2D eigenvalue weighted by atomic mass is 10.1. The van der Waals surface area contributed by atoms with Crippen molar-refractivity contribution < 1.29 is 9.32 Å². The fraction of sp³-hybridized carbons (Fsp3) is 0.533. The molecule has 7 nitrogen and oxygen atoms in total. The van der Waals surface area contributed by atoms with Crippen molar-refractivity contribution in [1.29, 1.82) is 0 Å². The maximum atomic E-state index is 12.3. The van der Waals surface area contributed by atoms with Gasteiger partial charge in [-0.15, -0.1) is 0 Å². The Morgan fingerprint density at radius 1 is 1.50 bits per heavy atom. The molecule has 0 saturated carbocycles. The highest BCUT2D eigenvalue weighted by atomic mass is 16.5. The molecular formula is C15H21N5O2. The first-order valence-electron chi connectivity index (χ1n) is 7.53. The highest BCUT2D eigenvalue weighted by molar-refractivity contribution is 5.93. The third-order valence-corrected chi connectivity index (χ3v) is 4.08. The fourth-order valence-corrected chi connectivity index (χ4v) is 2.98. The Morgan fingerprint density at radius 2 is 2.32 bits per heavy atom. The molecule has 1 amide bonds. The summed E-state index contributed by atoms with van der Waals surface area (Å²) >= 11 is 0. The van der Waals surface area contributed by atoms with E-state index in [0.717, 1.165) is 47.9 Å². The van der Waals surface area contributed by atoms with E-state index >= 15 is 0 Å². The first-order chi connectivity index (χ1) is 10.5. The van der Waals surface area contributed by atoms with E-state index in [1.54, 1.807) is 0 Å². The van der Waals surface area contributed by atoms with Gasteiger partial charge < -0.3 is 9.84 Å². The number of H-pyrrole nitrogens is 1. The van der Waals surface area contributed by atoms with E-state index in [-0.39, 0.29) is 11.9 Å². The SMILES string of the molecule is Cc1cc([C@@H]2CCCN2CC(=O)Nc2c(C)n[nH]c2C)on1. The van der Waals surface area contributed by atoms with Crippen LogP contribution in [0.15, 0.2) is 10.6 Å². The van der Waals surface area contributed by atoms with Crippen molar-refractivity contribution in [3.8, 4) is 0 Å². The van der Waals surface area contributed by atoms with Gasteiger partial charge in [0.15, 0.2) is 5.76 Å². The quantitative estimate of drug-likeness (QED) is 0.903. The number of aromatic nitrogens is 3. The molecule has 2 aromatic rings. The van der Waals surface area contributed by atoms with Crippen LogP contribution in [0.2, 0.25) is 0 Å². The average molecular weight is 303 g/mol. The minimum absolute atomic E-state index is 0.0317. The van der Waals surface area contributed by atoms with E-state index in [4.69, 9.17) is 4.52 Å². The van der Waals surface area contributed by atoms with Gasteiger partial charge in [-0.1, -0.05) is 5.16 Å². The summed E-state index contributed by atoms with van der Waals surface area (Å²) in [7, 11) is 0. The number of aromatic amines is 1. The van der Waals surface area contributed by atoms with Crippen molar-refractivity contribution in [3.05, 3.63) is 28.9 Å². The number of hydrogen-bond acceptors (Lipinski definition) is 5. The van der Waals surface area contributed by atoms with Crippen LogP contribution < -0.4 is 5.32 Å². The molecule has 2 aromatic heterocycles. The Hall–Kier alpha value is -2.15. The van der Waals surface area contributed by atoms with Crippen LogP contribution in [0.4, 0.5) is 5.69 Å². The number of nitrogens with zero attached hydrogens (tertiary/aromatic N) is 3. The van der Waals surface area contributed by atoms with Crippen LogP contribution in [0.3, 0.4) is 0 Å². The molecular weight excluding hydrogens is 282 g/mol. The van der Waals surface area contributed by atoms with Crippen molar-refractivity contribution >= 4 is 11.6 Å². The van der Waals surface area contributed by atoms with Crippen molar-refractivity contribution in [2.45, 2.75) is 39.7 Å². The van der Waals surface area contributed by atoms with Crippen LogP contribution in [-0.2, 0) is 4.79 Å². The van der Waals surface area contributed by atoms with E-state index in [2.05, 4.69) is 25.6 Å². The van der Waals surface area contributed by atoms with Gasteiger partial charge in [-0.05, 0) is 40.2 Å². The smallest absolute Gasteiger partial charge is 0.238 e.